The Morgan fingerprint density at radius 2 is 0.958 bits per heavy atom. The van der Waals surface area contributed by atoms with Gasteiger partial charge in [0.15, 0.2) is 0 Å². The molecule has 0 atom stereocenters. The molecule has 0 aliphatic carbocycles. The third-order valence-electron chi connectivity index (χ3n) is 7.30. The maximum Gasteiger partial charge on any atom is 0.142 e. The second kappa shape index (κ2) is 16.8. The molecular weight excluding hydrogens is 735 g/mol. The molecule has 0 aliphatic heterocycles. The SMILES string of the molecule is C[Si](C)=[Zr+2].Cc1cc2c(-c3ccccc3)cc(-n3cnnn3)cc2[cH-]1.Cc1cc2c(-c3ccccc3)cc(-n3cnnn3)cc2[cH-]1.[Cl-].[Cl-]. The van der Waals surface area contributed by atoms with Crippen LogP contribution in [0.3, 0.4) is 0 Å². The van der Waals surface area contributed by atoms with Crippen molar-refractivity contribution in [1.82, 2.24) is 40.4 Å². The molecule has 0 saturated heterocycles. The Kier molecular flexibility index (Phi) is 12.9. The van der Waals surface area contributed by atoms with Crippen molar-refractivity contribution >= 4 is 27.0 Å². The summed E-state index contributed by atoms with van der Waals surface area (Å²) in [5.74, 6) is 0. The molecule has 0 spiro atoms. The average molecular weight is 767 g/mol. The minimum Gasteiger partial charge on any atom is -1.00 e. The first-order valence-electron chi connectivity index (χ1n) is 14.9. The Labute approximate surface area is 307 Å². The fraction of sp³-hybridized carbons (Fsp3) is 0.111. The molecule has 2 aromatic heterocycles. The molecule has 6 aromatic carbocycles. The largest absolute Gasteiger partial charge is 1.00 e. The van der Waals surface area contributed by atoms with E-state index in [0.717, 1.165) is 11.4 Å². The molecular formula is C36H32Cl2N8SiZr-2. The van der Waals surface area contributed by atoms with E-state index in [-0.39, 0.29) is 30.2 Å². The maximum absolute atomic E-state index is 3.99. The van der Waals surface area contributed by atoms with Gasteiger partial charge in [0.25, 0.3) is 0 Å². The van der Waals surface area contributed by atoms with Crippen LogP contribution in [-0.4, -0.2) is 45.8 Å². The van der Waals surface area contributed by atoms with Crippen LogP contribution in [0.2, 0.25) is 13.1 Å². The number of nitrogens with zero attached hydrogens (tertiary/aromatic N) is 8. The van der Waals surface area contributed by atoms with E-state index in [9.17, 15) is 0 Å². The molecule has 0 bridgehead atoms. The standard InChI is InChI=1S/2C17H13N4.C2H6Si.2ClH.Zr/c2*1-12-7-14-9-15(21-11-18-19-20-21)10-17(16(14)8-12)13-5-3-2-4-6-13;1-3-2;;;/h2*2-11H,1H3;1-2H3;2*1H;/q2*-1;;;;+2/p-2. The Hall–Kier alpha value is -4.08. The molecule has 0 radical (unpaired) electrons. The van der Waals surface area contributed by atoms with Gasteiger partial charge < -0.3 is 24.8 Å². The van der Waals surface area contributed by atoms with E-state index in [2.05, 4.69) is 155 Å². The molecule has 2 heterocycles. The Balaban J connectivity index is 0.000000188. The summed E-state index contributed by atoms with van der Waals surface area (Å²) < 4.78 is 3.38. The molecule has 0 N–H and O–H groups in total. The molecule has 12 heteroatoms. The fourth-order valence-electron chi connectivity index (χ4n) is 5.45. The van der Waals surface area contributed by atoms with Crippen LogP contribution in [0.15, 0.2) is 122 Å². The predicted octanol–water partition coefficient (Wildman–Crippen LogP) is 1.81. The van der Waals surface area contributed by atoms with Gasteiger partial charge in [-0.15, -0.1) is 67.1 Å². The van der Waals surface area contributed by atoms with Crippen molar-refractivity contribution in [2.45, 2.75) is 26.9 Å². The predicted molar refractivity (Wildman–Crippen MR) is 182 cm³/mol. The van der Waals surface area contributed by atoms with Crippen molar-refractivity contribution in [3.05, 3.63) is 133 Å². The van der Waals surface area contributed by atoms with Gasteiger partial charge in [-0.05, 0) is 44.1 Å². The van der Waals surface area contributed by atoms with Crippen LogP contribution in [0.5, 0.6) is 0 Å². The van der Waals surface area contributed by atoms with E-state index in [1.807, 2.05) is 12.1 Å². The molecule has 0 saturated carbocycles. The summed E-state index contributed by atoms with van der Waals surface area (Å²) in [5, 5.41) is 27.8. The maximum atomic E-state index is 3.99. The Bertz CT molecular complexity index is 2060. The van der Waals surface area contributed by atoms with Gasteiger partial charge in [-0.25, -0.2) is 9.36 Å². The number of aromatic nitrogens is 8. The minimum absolute atomic E-state index is 0. The van der Waals surface area contributed by atoms with Crippen molar-refractivity contribution in [1.29, 1.82) is 0 Å². The van der Waals surface area contributed by atoms with Gasteiger partial charge in [0.05, 0.1) is 0 Å². The molecule has 0 unspecified atom stereocenters. The third kappa shape index (κ3) is 8.68. The molecule has 48 heavy (non-hydrogen) atoms. The molecule has 8 rings (SSSR count). The monoisotopic (exact) mass is 764 g/mol. The summed E-state index contributed by atoms with van der Waals surface area (Å²) in [6.45, 7) is 8.85. The van der Waals surface area contributed by atoms with Gasteiger partial charge in [-0.3, -0.25) is 0 Å². The van der Waals surface area contributed by atoms with Gasteiger partial charge in [-0.2, -0.15) is 12.1 Å². The summed E-state index contributed by atoms with van der Waals surface area (Å²) in [6, 6.07) is 38.1. The smallest absolute Gasteiger partial charge is 0.142 e. The number of tetrazole rings is 2. The zero-order chi connectivity index (χ0) is 32.0. The number of hydrogen-bond acceptors (Lipinski definition) is 6. The summed E-state index contributed by atoms with van der Waals surface area (Å²) in [4.78, 5) is 0. The number of hydrogen-bond donors (Lipinski definition) is 0. The van der Waals surface area contributed by atoms with E-state index in [1.54, 1.807) is 45.4 Å². The van der Waals surface area contributed by atoms with Gasteiger partial charge in [0.1, 0.15) is 12.7 Å². The molecule has 240 valence electrons. The Morgan fingerprint density at radius 1 is 0.583 bits per heavy atom. The minimum atomic E-state index is 0. The Morgan fingerprint density at radius 3 is 1.29 bits per heavy atom. The van der Waals surface area contributed by atoms with Gasteiger partial charge >= 0.3 is 41.9 Å². The van der Waals surface area contributed by atoms with Gasteiger partial charge in [0.2, 0.25) is 0 Å². The van der Waals surface area contributed by atoms with Crippen LogP contribution in [0.4, 0.5) is 0 Å². The topological polar surface area (TPSA) is 87.2 Å². The number of aryl methyl sites for hydroxylation is 2. The third-order valence-corrected chi connectivity index (χ3v) is 7.30. The van der Waals surface area contributed by atoms with Gasteiger partial charge in [-0.1, -0.05) is 85.6 Å². The van der Waals surface area contributed by atoms with Crippen molar-refractivity contribution in [2.75, 3.05) is 0 Å². The average Bonchev–Trinajstić information content (AvgIpc) is 3.88. The van der Waals surface area contributed by atoms with E-state index in [4.69, 9.17) is 0 Å². The van der Waals surface area contributed by atoms with Crippen molar-refractivity contribution in [3.8, 4) is 33.6 Å². The van der Waals surface area contributed by atoms with Crippen LogP contribution in [0.1, 0.15) is 11.1 Å². The number of benzene rings is 4. The number of fused-ring (bicyclic) bond motifs is 2. The van der Waals surface area contributed by atoms with Crippen LogP contribution < -0.4 is 24.8 Å². The van der Waals surface area contributed by atoms with E-state index in [0.29, 0.717) is 0 Å². The number of halogens is 2. The van der Waals surface area contributed by atoms with Crippen molar-refractivity contribution < 1.29 is 48.1 Å². The second-order valence-corrected chi connectivity index (χ2v) is 20.7. The van der Waals surface area contributed by atoms with Crippen molar-refractivity contribution in [3.63, 3.8) is 0 Å². The molecule has 0 amide bonds. The van der Waals surface area contributed by atoms with Crippen LogP contribution in [0, 0.1) is 13.8 Å². The molecule has 0 fully saturated rings. The second-order valence-electron chi connectivity index (χ2n) is 11.3. The summed E-state index contributed by atoms with van der Waals surface area (Å²) in [5.41, 5.74) is 9.47. The number of rotatable bonds is 4. The van der Waals surface area contributed by atoms with Crippen LogP contribution >= 0.6 is 0 Å². The van der Waals surface area contributed by atoms with Crippen molar-refractivity contribution in [2.24, 2.45) is 0 Å². The van der Waals surface area contributed by atoms with Crippen LogP contribution in [-0.2, 0) is 23.3 Å². The van der Waals surface area contributed by atoms with E-state index < -0.39 is 0 Å². The molecule has 8 nitrogen and oxygen atoms in total. The summed E-state index contributed by atoms with van der Waals surface area (Å²) in [7, 11) is 0. The first kappa shape index (κ1) is 36.8. The summed E-state index contributed by atoms with van der Waals surface area (Å²) in [6.07, 6.45) is 3.23. The zero-order valence-electron chi connectivity index (χ0n) is 26.9. The summed E-state index contributed by atoms with van der Waals surface area (Å²) >= 11 is 1.74. The van der Waals surface area contributed by atoms with Gasteiger partial charge in [0, 0.05) is 11.4 Å². The van der Waals surface area contributed by atoms with E-state index >= 15 is 0 Å². The molecule has 8 aromatic rings. The quantitative estimate of drug-likeness (QED) is 0.201. The first-order valence-corrected chi connectivity index (χ1v) is 21.1. The van der Waals surface area contributed by atoms with Crippen LogP contribution in [0.25, 0.3) is 55.2 Å². The fourth-order valence-corrected chi connectivity index (χ4v) is 5.45. The van der Waals surface area contributed by atoms with E-state index in [1.165, 1.54) is 54.9 Å². The first-order chi connectivity index (χ1) is 22.4. The zero-order valence-corrected chi connectivity index (χ0v) is 31.9. The molecule has 0 aliphatic rings. The normalized spacial score (nSPS) is 10.3.